The fourth-order valence-corrected chi connectivity index (χ4v) is 5.50. The van der Waals surface area contributed by atoms with Crippen LogP contribution in [0.25, 0.3) is 5.76 Å². The SMILES string of the molecule is CCCCCOc1ccc(C2C(=C(O)c3ccc(F)cc3)C(=O)C(=O)N2c2nc(C)c(C(=O)OC)s2)cc1OCC. The molecule has 216 valence electrons. The Morgan fingerprint density at radius 3 is 2.46 bits per heavy atom. The summed E-state index contributed by atoms with van der Waals surface area (Å²) in [6.45, 7) is 6.33. The number of ketones is 1. The first kappa shape index (κ1) is 29.7. The van der Waals surface area contributed by atoms with Crippen LogP contribution in [-0.2, 0) is 14.3 Å². The highest BCUT2D eigenvalue weighted by atomic mass is 32.1. The minimum Gasteiger partial charge on any atom is -0.507 e. The van der Waals surface area contributed by atoms with E-state index in [1.165, 1.54) is 19.2 Å². The van der Waals surface area contributed by atoms with E-state index >= 15 is 0 Å². The Morgan fingerprint density at radius 1 is 1.07 bits per heavy atom. The van der Waals surface area contributed by atoms with E-state index < -0.39 is 35.3 Å². The van der Waals surface area contributed by atoms with E-state index in [-0.39, 0.29) is 21.1 Å². The predicted octanol–water partition coefficient (Wildman–Crippen LogP) is 5.97. The predicted molar refractivity (Wildman–Crippen MR) is 152 cm³/mol. The summed E-state index contributed by atoms with van der Waals surface area (Å²) in [4.78, 5) is 45.0. The van der Waals surface area contributed by atoms with Crippen molar-refractivity contribution in [2.24, 2.45) is 0 Å². The van der Waals surface area contributed by atoms with Gasteiger partial charge in [0.05, 0.1) is 37.6 Å². The highest BCUT2D eigenvalue weighted by Gasteiger charge is 2.48. The molecule has 0 saturated carbocycles. The van der Waals surface area contributed by atoms with Crippen LogP contribution in [-0.4, -0.2) is 48.1 Å². The number of anilines is 1. The van der Waals surface area contributed by atoms with E-state index in [1.807, 2.05) is 6.92 Å². The van der Waals surface area contributed by atoms with Crippen LogP contribution in [0.5, 0.6) is 11.5 Å². The van der Waals surface area contributed by atoms with Crippen LogP contribution in [0.3, 0.4) is 0 Å². The van der Waals surface area contributed by atoms with Gasteiger partial charge in [-0.1, -0.05) is 37.2 Å². The maximum absolute atomic E-state index is 13.6. The van der Waals surface area contributed by atoms with Crippen LogP contribution >= 0.6 is 11.3 Å². The van der Waals surface area contributed by atoms with Crippen LogP contribution in [0, 0.1) is 12.7 Å². The van der Waals surface area contributed by atoms with E-state index in [0.29, 0.717) is 36.0 Å². The van der Waals surface area contributed by atoms with Crippen molar-refractivity contribution >= 4 is 39.9 Å². The van der Waals surface area contributed by atoms with Crippen molar-refractivity contribution in [3.05, 3.63) is 75.6 Å². The molecule has 0 radical (unpaired) electrons. The lowest BCUT2D eigenvalue weighted by atomic mass is 9.95. The third kappa shape index (κ3) is 6.09. The molecule has 1 aliphatic rings. The molecule has 9 nitrogen and oxygen atoms in total. The van der Waals surface area contributed by atoms with Crippen molar-refractivity contribution in [2.45, 2.75) is 46.1 Å². The third-order valence-corrected chi connectivity index (χ3v) is 7.65. The maximum atomic E-state index is 13.6. The Balaban J connectivity index is 1.88. The highest BCUT2D eigenvalue weighted by Crippen LogP contribution is 2.45. The van der Waals surface area contributed by atoms with Gasteiger partial charge in [0.15, 0.2) is 16.6 Å². The largest absolute Gasteiger partial charge is 0.507 e. The summed E-state index contributed by atoms with van der Waals surface area (Å²) in [5.41, 5.74) is 0.695. The number of unbranched alkanes of at least 4 members (excludes halogenated alkanes) is 2. The molecule has 2 aromatic carbocycles. The van der Waals surface area contributed by atoms with Gasteiger partial charge in [-0.25, -0.2) is 14.2 Å². The van der Waals surface area contributed by atoms with Gasteiger partial charge in [-0.2, -0.15) is 0 Å². The number of nitrogens with zero attached hydrogens (tertiary/aromatic N) is 2. The summed E-state index contributed by atoms with van der Waals surface area (Å²) in [5, 5.41) is 11.4. The van der Waals surface area contributed by atoms with Gasteiger partial charge in [0, 0.05) is 5.56 Å². The number of carbonyl (C=O) groups is 3. The zero-order valence-electron chi connectivity index (χ0n) is 23.2. The normalized spacial score (nSPS) is 16.2. The molecule has 1 amide bonds. The standard InChI is InChI=1S/C30H31FN2O7S/c1-5-7-8-15-40-21-14-11-19(16-22(21)39-6-2)24-23(25(34)18-9-12-20(31)13-10-18)26(35)28(36)33(24)30-32-17(3)27(41-30)29(37)38-4/h9-14,16,24,34H,5-8,15H2,1-4H3. The van der Waals surface area contributed by atoms with Crippen molar-refractivity contribution in [3.8, 4) is 11.5 Å². The van der Waals surface area contributed by atoms with Gasteiger partial charge in [-0.05, 0) is 62.2 Å². The maximum Gasteiger partial charge on any atom is 0.350 e. The van der Waals surface area contributed by atoms with E-state index in [0.717, 1.165) is 47.6 Å². The monoisotopic (exact) mass is 582 g/mol. The third-order valence-electron chi connectivity index (χ3n) is 6.51. The zero-order chi connectivity index (χ0) is 29.7. The summed E-state index contributed by atoms with van der Waals surface area (Å²) < 4.78 is 30.2. The number of methoxy groups -OCH3 is 1. The van der Waals surface area contributed by atoms with Crippen molar-refractivity contribution < 1.29 is 38.1 Å². The molecule has 1 saturated heterocycles. The second-order valence-corrected chi connectivity index (χ2v) is 10.3. The number of aliphatic hydroxyl groups excluding tert-OH is 1. The van der Waals surface area contributed by atoms with Crippen molar-refractivity contribution in [1.29, 1.82) is 0 Å². The number of Topliss-reactive ketones (excluding diaryl/α,β-unsaturated/α-hetero) is 1. The number of aryl methyl sites for hydroxylation is 1. The number of aromatic nitrogens is 1. The molecule has 1 fully saturated rings. The molecule has 4 rings (SSSR count). The second-order valence-electron chi connectivity index (χ2n) is 9.27. The summed E-state index contributed by atoms with van der Waals surface area (Å²) in [7, 11) is 1.23. The van der Waals surface area contributed by atoms with E-state index in [4.69, 9.17) is 14.2 Å². The van der Waals surface area contributed by atoms with Gasteiger partial charge in [0.1, 0.15) is 16.5 Å². The molecular weight excluding hydrogens is 551 g/mol. The minimum atomic E-state index is -1.13. The molecular formula is C30H31FN2O7S. The summed E-state index contributed by atoms with van der Waals surface area (Å²) in [6, 6.07) is 8.81. The van der Waals surface area contributed by atoms with Crippen molar-refractivity contribution in [3.63, 3.8) is 0 Å². The zero-order valence-corrected chi connectivity index (χ0v) is 24.0. The number of aliphatic hydroxyl groups is 1. The highest BCUT2D eigenvalue weighted by molar-refractivity contribution is 7.17. The van der Waals surface area contributed by atoms with Gasteiger partial charge in [0.25, 0.3) is 5.78 Å². The lowest BCUT2D eigenvalue weighted by molar-refractivity contribution is -0.132. The van der Waals surface area contributed by atoms with Crippen LogP contribution in [0.15, 0.2) is 48.0 Å². The number of carbonyl (C=O) groups excluding carboxylic acids is 3. The van der Waals surface area contributed by atoms with Crippen LogP contribution in [0.2, 0.25) is 0 Å². The van der Waals surface area contributed by atoms with Gasteiger partial charge in [0.2, 0.25) is 0 Å². The molecule has 2 heterocycles. The van der Waals surface area contributed by atoms with Crippen LogP contribution in [0.4, 0.5) is 9.52 Å². The van der Waals surface area contributed by atoms with Crippen molar-refractivity contribution in [2.75, 3.05) is 25.2 Å². The molecule has 1 aliphatic heterocycles. The number of rotatable bonds is 11. The van der Waals surface area contributed by atoms with Crippen molar-refractivity contribution in [1.82, 2.24) is 4.98 Å². The lowest BCUT2D eigenvalue weighted by Gasteiger charge is -2.24. The number of esters is 1. The molecule has 0 spiro atoms. The number of hydrogen-bond acceptors (Lipinski definition) is 9. The first-order chi connectivity index (χ1) is 19.7. The molecule has 1 N–H and O–H groups in total. The molecule has 3 aromatic rings. The van der Waals surface area contributed by atoms with E-state index in [2.05, 4.69) is 11.9 Å². The number of amides is 1. The van der Waals surface area contributed by atoms with Gasteiger partial charge in [-0.15, -0.1) is 0 Å². The topological polar surface area (TPSA) is 115 Å². The van der Waals surface area contributed by atoms with Gasteiger partial charge >= 0.3 is 11.9 Å². The number of ether oxygens (including phenoxy) is 3. The molecule has 1 atom stereocenters. The number of hydrogen-bond donors (Lipinski definition) is 1. The lowest BCUT2D eigenvalue weighted by Crippen LogP contribution is -2.29. The Bertz CT molecular complexity index is 1480. The van der Waals surface area contributed by atoms with Crippen LogP contribution in [0.1, 0.15) is 65.6 Å². The summed E-state index contributed by atoms with van der Waals surface area (Å²) >= 11 is 0.896. The first-order valence-electron chi connectivity index (χ1n) is 13.2. The molecule has 1 unspecified atom stereocenters. The minimum absolute atomic E-state index is 0.0750. The Hall–Kier alpha value is -4.25. The quantitative estimate of drug-likeness (QED) is 0.0967. The number of thiazole rings is 1. The van der Waals surface area contributed by atoms with E-state index in [9.17, 15) is 23.9 Å². The Labute approximate surface area is 241 Å². The van der Waals surface area contributed by atoms with Gasteiger partial charge < -0.3 is 19.3 Å². The summed E-state index contributed by atoms with van der Waals surface area (Å²) in [5.74, 6) is -2.63. The number of benzene rings is 2. The fraction of sp³-hybridized carbons (Fsp3) is 0.333. The Kier molecular flexibility index (Phi) is 9.38. The number of halogens is 1. The average molecular weight is 583 g/mol. The average Bonchev–Trinajstić information content (AvgIpc) is 3.47. The second kappa shape index (κ2) is 12.9. The van der Waals surface area contributed by atoms with Gasteiger partial charge in [-0.3, -0.25) is 14.5 Å². The molecule has 11 heteroatoms. The first-order valence-corrected chi connectivity index (χ1v) is 14.1. The summed E-state index contributed by atoms with van der Waals surface area (Å²) in [6.07, 6.45) is 2.93. The molecule has 1 aromatic heterocycles. The van der Waals surface area contributed by atoms with Crippen LogP contribution < -0.4 is 14.4 Å². The Morgan fingerprint density at radius 2 is 1.80 bits per heavy atom. The molecule has 41 heavy (non-hydrogen) atoms. The molecule has 0 bridgehead atoms. The van der Waals surface area contributed by atoms with E-state index in [1.54, 1.807) is 25.1 Å². The fourth-order valence-electron chi connectivity index (χ4n) is 4.49. The smallest absolute Gasteiger partial charge is 0.350 e. The molecule has 0 aliphatic carbocycles.